The van der Waals surface area contributed by atoms with E-state index in [4.69, 9.17) is 25.5 Å². The van der Waals surface area contributed by atoms with Crippen LogP contribution in [0.3, 0.4) is 0 Å². The van der Waals surface area contributed by atoms with Gasteiger partial charge in [-0.2, -0.15) is 0 Å². The number of nitrogens with zero attached hydrogens (tertiary/aromatic N) is 4. The summed E-state index contributed by atoms with van der Waals surface area (Å²) in [7, 11) is 1.91. The smallest absolute Gasteiger partial charge is 0.300 e. The van der Waals surface area contributed by atoms with Gasteiger partial charge in [-0.3, -0.25) is 14.4 Å². The van der Waals surface area contributed by atoms with E-state index in [1.807, 2.05) is 11.6 Å². The number of carboxylic acid groups (broad SMARTS) is 2. The molecule has 0 aromatic carbocycles. The predicted octanol–water partition coefficient (Wildman–Crippen LogP) is 0.182. The third-order valence-electron chi connectivity index (χ3n) is 2.56. The number of nitrogens with two attached hydrogens (primary N) is 1. The van der Waals surface area contributed by atoms with Gasteiger partial charge in [-0.15, -0.1) is 10.2 Å². The molecule has 0 amide bonds. The maximum absolute atomic E-state index is 11.3. The quantitative estimate of drug-likeness (QED) is 0.506. The summed E-state index contributed by atoms with van der Waals surface area (Å²) in [5.41, 5.74) is 6.10. The van der Waals surface area contributed by atoms with Gasteiger partial charge in [-0.1, -0.05) is 11.8 Å². The van der Waals surface area contributed by atoms with Crippen LogP contribution in [0.1, 0.15) is 31.2 Å². The molecule has 0 radical (unpaired) electrons. The van der Waals surface area contributed by atoms with Crippen molar-refractivity contribution in [1.29, 1.82) is 0 Å². The largest absolute Gasteiger partial charge is 0.481 e. The molecule has 0 unspecified atom stereocenters. The first-order chi connectivity index (χ1) is 12.6. The predicted molar refractivity (Wildman–Crippen MR) is 99.5 cm³/mol. The van der Waals surface area contributed by atoms with Crippen molar-refractivity contribution in [2.45, 2.75) is 38.1 Å². The first kappa shape index (κ1) is 24.3. The van der Waals surface area contributed by atoms with Gasteiger partial charge in [0.25, 0.3) is 17.5 Å². The topological polar surface area (TPSA) is 177 Å². The summed E-state index contributed by atoms with van der Waals surface area (Å²) in [4.78, 5) is 36.2. The Bertz CT molecular complexity index is 784. The number of aryl methyl sites for hydroxylation is 1. The molecular weight excluding hydrogens is 376 g/mol. The van der Waals surface area contributed by atoms with E-state index >= 15 is 0 Å². The van der Waals surface area contributed by atoms with Crippen molar-refractivity contribution in [3.8, 4) is 0 Å². The molecule has 0 spiro atoms. The van der Waals surface area contributed by atoms with E-state index in [-0.39, 0.29) is 5.56 Å². The molecule has 0 aliphatic rings. The monoisotopic (exact) mass is 400 g/mol. The standard InChI is InChI=1S/C11H16N6OS.2C2H4O2/c1-7-13-8(5-10(18)14-7)6-19-11-16-15-9(3-4-12)17(11)2;2*1-2(3)4/h5H,3-4,6,12H2,1-2H3,(H,13,14,18);2*1H3,(H,3,4). The number of H-pyrrole nitrogens is 1. The van der Waals surface area contributed by atoms with E-state index in [0.29, 0.717) is 24.5 Å². The molecule has 5 N–H and O–H groups in total. The fourth-order valence-corrected chi connectivity index (χ4v) is 2.49. The second-order valence-electron chi connectivity index (χ2n) is 5.15. The molecule has 2 aromatic rings. The molecule has 0 bridgehead atoms. The number of hydrogen-bond acceptors (Lipinski definition) is 8. The fourth-order valence-electron chi connectivity index (χ4n) is 1.67. The zero-order chi connectivity index (χ0) is 21.0. The van der Waals surface area contributed by atoms with Crippen LogP contribution in [0.2, 0.25) is 0 Å². The van der Waals surface area contributed by atoms with Crippen LogP contribution in [0.15, 0.2) is 16.0 Å². The Morgan fingerprint density at radius 2 is 1.81 bits per heavy atom. The van der Waals surface area contributed by atoms with E-state index in [0.717, 1.165) is 30.5 Å². The Hall–Kier alpha value is -2.73. The molecule has 0 fully saturated rings. The van der Waals surface area contributed by atoms with Crippen molar-refractivity contribution in [1.82, 2.24) is 24.7 Å². The molecule has 0 aliphatic heterocycles. The first-order valence-corrected chi connectivity index (χ1v) is 8.72. The summed E-state index contributed by atoms with van der Waals surface area (Å²) in [5.74, 6) is 0.393. The highest BCUT2D eigenvalue weighted by atomic mass is 32.2. The number of nitrogens with one attached hydrogen (secondary N) is 1. The molecule has 27 heavy (non-hydrogen) atoms. The van der Waals surface area contributed by atoms with Crippen LogP contribution in [0.4, 0.5) is 0 Å². The van der Waals surface area contributed by atoms with E-state index in [2.05, 4.69) is 20.2 Å². The summed E-state index contributed by atoms with van der Waals surface area (Å²) in [6.45, 7) is 4.47. The van der Waals surface area contributed by atoms with Crippen LogP contribution in [0.25, 0.3) is 0 Å². The number of rotatable bonds is 5. The summed E-state index contributed by atoms with van der Waals surface area (Å²) < 4.78 is 1.91. The Kier molecular flexibility index (Phi) is 11.3. The van der Waals surface area contributed by atoms with Crippen molar-refractivity contribution < 1.29 is 19.8 Å². The molecular formula is C15H24N6O5S. The van der Waals surface area contributed by atoms with Crippen molar-refractivity contribution >= 4 is 23.7 Å². The minimum Gasteiger partial charge on any atom is -0.481 e. The van der Waals surface area contributed by atoms with Gasteiger partial charge in [-0.25, -0.2) is 4.98 Å². The van der Waals surface area contributed by atoms with Gasteiger partial charge in [0.2, 0.25) is 0 Å². The number of carboxylic acids is 2. The number of aromatic nitrogens is 5. The minimum atomic E-state index is -0.833. The summed E-state index contributed by atoms with van der Waals surface area (Å²) in [6, 6.07) is 1.50. The Morgan fingerprint density at radius 1 is 1.26 bits per heavy atom. The van der Waals surface area contributed by atoms with Crippen molar-refractivity contribution in [3.05, 3.63) is 33.8 Å². The van der Waals surface area contributed by atoms with E-state index in [9.17, 15) is 4.79 Å². The lowest BCUT2D eigenvalue weighted by Crippen LogP contribution is -2.10. The van der Waals surface area contributed by atoms with Gasteiger partial charge >= 0.3 is 0 Å². The van der Waals surface area contributed by atoms with E-state index < -0.39 is 11.9 Å². The number of carbonyl (C=O) groups is 2. The molecule has 0 atom stereocenters. The minimum absolute atomic E-state index is 0.134. The van der Waals surface area contributed by atoms with Crippen molar-refractivity contribution in [2.24, 2.45) is 12.8 Å². The van der Waals surface area contributed by atoms with Gasteiger partial charge < -0.3 is 25.5 Å². The lowest BCUT2D eigenvalue weighted by atomic mass is 10.4. The maximum atomic E-state index is 11.3. The van der Waals surface area contributed by atoms with Crippen molar-refractivity contribution in [3.63, 3.8) is 0 Å². The molecule has 2 aromatic heterocycles. The van der Waals surface area contributed by atoms with Crippen LogP contribution in [0, 0.1) is 6.92 Å². The Balaban J connectivity index is 0.000000718. The Labute approximate surface area is 160 Å². The summed E-state index contributed by atoms with van der Waals surface area (Å²) in [6.07, 6.45) is 0.701. The molecule has 0 saturated heterocycles. The maximum Gasteiger partial charge on any atom is 0.300 e. The lowest BCUT2D eigenvalue weighted by molar-refractivity contribution is -0.135. The second kappa shape index (κ2) is 12.6. The van der Waals surface area contributed by atoms with Crippen LogP contribution >= 0.6 is 11.8 Å². The highest BCUT2D eigenvalue weighted by Crippen LogP contribution is 2.19. The van der Waals surface area contributed by atoms with Gasteiger partial charge in [-0.05, 0) is 13.5 Å². The third kappa shape index (κ3) is 11.5. The summed E-state index contributed by atoms with van der Waals surface area (Å²) >= 11 is 1.50. The zero-order valence-electron chi connectivity index (χ0n) is 15.6. The summed E-state index contributed by atoms with van der Waals surface area (Å²) in [5, 5.41) is 23.8. The third-order valence-corrected chi connectivity index (χ3v) is 3.61. The highest BCUT2D eigenvalue weighted by Gasteiger charge is 2.09. The first-order valence-electron chi connectivity index (χ1n) is 7.73. The number of aromatic amines is 1. The molecule has 0 aliphatic carbocycles. The number of aliphatic carboxylic acids is 2. The van der Waals surface area contributed by atoms with Gasteiger partial charge in [0, 0.05) is 39.1 Å². The highest BCUT2D eigenvalue weighted by molar-refractivity contribution is 7.98. The number of hydrogen-bond donors (Lipinski definition) is 4. The molecule has 0 saturated carbocycles. The fraction of sp³-hybridized carbons (Fsp3) is 0.467. The van der Waals surface area contributed by atoms with E-state index in [1.165, 1.54) is 17.8 Å². The van der Waals surface area contributed by atoms with Crippen molar-refractivity contribution in [2.75, 3.05) is 6.54 Å². The van der Waals surface area contributed by atoms with Gasteiger partial charge in [0.15, 0.2) is 5.16 Å². The molecule has 2 rings (SSSR count). The van der Waals surface area contributed by atoms with Crippen LogP contribution in [-0.4, -0.2) is 53.4 Å². The SMILES string of the molecule is CC(=O)O.CC(=O)O.Cc1nc(CSc2nnc(CCN)n2C)cc(=O)[nH]1. The van der Waals surface area contributed by atoms with Gasteiger partial charge in [0.1, 0.15) is 11.6 Å². The Morgan fingerprint density at radius 3 is 2.30 bits per heavy atom. The van der Waals surface area contributed by atoms with E-state index in [1.54, 1.807) is 6.92 Å². The lowest BCUT2D eigenvalue weighted by Gasteiger charge is -2.03. The van der Waals surface area contributed by atoms with Crippen LogP contribution in [-0.2, 0) is 28.8 Å². The average molecular weight is 400 g/mol. The number of thioether (sulfide) groups is 1. The molecule has 12 heteroatoms. The van der Waals surface area contributed by atoms with Crippen LogP contribution < -0.4 is 11.3 Å². The molecule has 150 valence electrons. The zero-order valence-corrected chi connectivity index (χ0v) is 16.4. The van der Waals surface area contributed by atoms with Gasteiger partial charge in [0.05, 0.1) is 5.69 Å². The normalized spacial score (nSPS) is 9.52. The average Bonchev–Trinajstić information content (AvgIpc) is 2.84. The molecule has 11 nitrogen and oxygen atoms in total. The van der Waals surface area contributed by atoms with Crippen LogP contribution in [0.5, 0.6) is 0 Å². The molecule has 2 heterocycles. The second-order valence-corrected chi connectivity index (χ2v) is 6.09.